The molecule has 4 rings (SSSR count). The monoisotopic (exact) mass is 460 g/mol. The second-order valence-electron chi connectivity index (χ2n) is 6.94. The topological polar surface area (TPSA) is 109 Å². The molecule has 0 aliphatic carbocycles. The number of carbonyl (C=O) groups excluding carboxylic acids is 2. The number of amides is 2. The Bertz CT molecular complexity index is 1210. The Morgan fingerprint density at radius 1 is 1.13 bits per heavy atom. The van der Waals surface area contributed by atoms with Crippen LogP contribution in [0.4, 0.5) is 15.2 Å². The molecular formula is C20H17FN4O4S2. The molecule has 31 heavy (non-hydrogen) atoms. The number of nitrogens with one attached hydrogen (secondary N) is 1. The number of benzene rings is 2. The van der Waals surface area contributed by atoms with Crippen LogP contribution in [0.25, 0.3) is 0 Å². The molecule has 1 aliphatic heterocycles. The average Bonchev–Trinajstić information content (AvgIpc) is 3.35. The number of nitrogens with zero attached hydrogens (tertiary/aromatic N) is 3. The third kappa shape index (κ3) is 4.78. The second-order valence-corrected chi connectivity index (χ2v) is 10.00. The van der Waals surface area contributed by atoms with Crippen LogP contribution in [0, 0.1) is 11.7 Å². The summed E-state index contributed by atoms with van der Waals surface area (Å²) >= 11 is 0.968. The van der Waals surface area contributed by atoms with Gasteiger partial charge in [-0.3, -0.25) is 9.59 Å². The lowest BCUT2D eigenvalue weighted by atomic mass is 10.1. The first kappa shape index (κ1) is 21.1. The molecule has 2 amide bonds. The number of halogens is 1. The number of rotatable bonds is 6. The Morgan fingerprint density at radius 3 is 2.55 bits per heavy atom. The number of carbonyl (C=O) groups is 2. The third-order valence-electron chi connectivity index (χ3n) is 4.75. The van der Waals surface area contributed by atoms with E-state index in [-0.39, 0.29) is 39.7 Å². The highest BCUT2D eigenvalue weighted by molar-refractivity contribution is 7.90. The number of sulfone groups is 1. The molecule has 1 atom stereocenters. The summed E-state index contributed by atoms with van der Waals surface area (Å²) in [5.41, 5.74) is 0.519. The highest BCUT2D eigenvalue weighted by Crippen LogP contribution is 2.27. The van der Waals surface area contributed by atoms with Gasteiger partial charge in [0, 0.05) is 18.7 Å². The molecule has 1 fully saturated rings. The van der Waals surface area contributed by atoms with E-state index in [1.165, 1.54) is 41.3 Å². The van der Waals surface area contributed by atoms with Crippen LogP contribution in [0.2, 0.25) is 0 Å². The largest absolute Gasteiger partial charge is 0.312 e. The molecule has 11 heteroatoms. The first-order valence-electron chi connectivity index (χ1n) is 9.29. The van der Waals surface area contributed by atoms with Crippen molar-refractivity contribution < 1.29 is 22.4 Å². The quantitative estimate of drug-likeness (QED) is 0.606. The van der Waals surface area contributed by atoms with Crippen molar-refractivity contribution in [2.75, 3.05) is 16.8 Å². The molecule has 0 saturated carbocycles. The third-order valence-corrected chi connectivity index (χ3v) is 7.41. The van der Waals surface area contributed by atoms with Gasteiger partial charge in [0.05, 0.1) is 10.8 Å². The van der Waals surface area contributed by atoms with Gasteiger partial charge in [0.25, 0.3) is 0 Å². The van der Waals surface area contributed by atoms with Crippen LogP contribution in [-0.4, -0.2) is 37.0 Å². The van der Waals surface area contributed by atoms with Crippen molar-refractivity contribution in [2.24, 2.45) is 5.92 Å². The molecule has 3 aromatic rings. The molecule has 0 radical (unpaired) electrons. The maximum absolute atomic E-state index is 13.1. The van der Waals surface area contributed by atoms with Crippen LogP contribution in [0.15, 0.2) is 59.5 Å². The van der Waals surface area contributed by atoms with Gasteiger partial charge >= 0.3 is 0 Å². The molecular weight excluding hydrogens is 443 g/mol. The number of hydrogen-bond donors (Lipinski definition) is 1. The minimum absolute atomic E-state index is 0.0112. The van der Waals surface area contributed by atoms with E-state index in [2.05, 4.69) is 15.5 Å². The van der Waals surface area contributed by atoms with Crippen LogP contribution < -0.4 is 10.2 Å². The van der Waals surface area contributed by atoms with E-state index in [1.54, 1.807) is 18.2 Å². The molecule has 8 nitrogen and oxygen atoms in total. The molecule has 2 aromatic carbocycles. The van der Waals surface area contributed by atoms with Gasteiger partial charge in [-0.15, -0.1) is 10.2 Å². The summed E-state index contributed by atoms with van der Waals surface area (Å²) in [5, 5.41) is 10.7. The predicted octanol–water partition coefficient (Wildman–Crippen LogP) is 2.64. The van der Waals surface area contributed by atoms with Crippen molar-refractivity contribution in [1.82, 2.24) is 10.2 Å². The molecule has 2 heterocycles. The van der Waals surface area contributed by atoms with Crippen LogP contribution in [0.3, 0.4) is 0 Å². The number of aromatic nitrogens is 2. The van der Waals surface area contributed by atoms with E-state index < -0.39 is 27.5 Å². The maximum atomic E-state index is 13.1. The summed E-state index contributed by atoms with van der Waals surface area (Å²) < 4.78 is 38.0. The molecule has 1 aromatic heterocycles. The van der Waals surface area contributed by atoms with E-state index in [1.807, 2.05) is 0 Å². The van der Waals surface area contributed by atoms with Crippen molar-refractivity contribution in [3.8, 4) is 0 Å². The van der Waals surface area contributed by atoms with Gasteiger partial charge in [-0.1, -0.05) is 29.5 Å². The van der Waals surface area contributed by atoms with Crippen LogP contribution in [-0.2, 0) is 25.2 Å². The summed E-state index contributed by atoms with van der Waals surface area (Å²) in [5.74, 6) is -2.00. The standard InChI is InChI=1S/C20H17FN4O4S2/c21-14-6-8-15(9-7-14)25-11-13(10-18(25)26)19(27)22-20-24-23-17(30-20)12-31(28,29)16-4-2-1-3-5-16/h1-9,13H,10-12H2,(H,22,24,27). The molecule has 160 valence electrons. The van der Waals surface area contributed by atoms with E-state index in [0.717, 1.165) is 11.3 Å². The van der Waals surface area contributed by atoms with Crippen molar-refractivity contribution in [2.45, 2.75) is 17.1 Å². The lowest BCUT2D eigenvalue weighted by Gasteiger charge is -2.16. The summed E-state index contributed by atoms with van der Waals surface area (Å²) in [6, 6.07) is 13.5. The molecule has 0 spiro atoms. The van der Waals surface area contributed by atoms with E-state index >= 15 is 0 Å². The lowest BCUT2D eigenvalue weighted by Crippen LogP contribution is -2.28. The first-order valence-corrected chi connectivity index (χ1v) is 11.8. The number of anilines is 2. The van der Waals surface area contributed by atoms with Crippen LogP contribution in [0.1, 0.15) is 11.4 Å². The first-order chi connectivity index (χ1) is 14.8. The van der Waals surface area contributed by atoms with Crippen molar-refractivity contribution in [3.05, 3.63) is 65.4 Å². The smallest absolute Gasteiger partial charge is 0.231 e. The van der Waals surface area contributed by atoms with Gasteiger partial charge < -0.3 is 10.2 Å². The molecule has 0 bridgehead atoms. The average molecular weight is 461 g/mol. The van der Waals surface area contributed by atoms with Crippen molar-refractivity contribution in [3.63, 3.8) is 0 Å². The van der Waals surface area contributed by atoms with Gasteiger partial charge in [0.2, 0.25) is 16.9 Å². The van der Waals surface area contributed by atoms with E-state index in [9.17, 15) is 22.4 Å². The highest BCUT2D eigenvalue weighted by Gasteiger charge is 2.35. The zero-order valence-corrected chi connectivity index (χ0v) is 17.7. The van der Waals surface area contributed by atoms with Gasteiger partial charge in [-0.25, -0.2) is 12.8 Å². The summed E-state index contributed by atoms with van der Waals surface area (Å²) in [6.07, 6.45) is 0.0112. The van der Waals surface area contributed by atoms with E-state index in [4.69, 9.17) is 0 Å². The second kappa shape index (κ2) is 8.52. The fraction of sp³-hybridized carbons (Fsp3) is 0.200. The van der Waals surface area contributed by atoms with Crippen LogP contribution in [0.5, 0.6) is 0 Å². The van der Waals surface area contributed by atoms with Crippen molar-refractivity contribution >= 4 is 43.8 Å². The summed E-state index contributed by atoms with van der Waals surface area (Å²) in [7, 11) is -3.58. The lowest BCUT2D eigenvalue weighted by molar-refractivity contribution is -0.122. The highest BCUT2D eigenvalue weighted by atomic mass is 32.2. The normalized spacial score (nSPS) is 16.5. The van der Waals surface area contributed by atoms with Gasteiger partial charge in [0.1, 0.15) is 16.6 Å². The Morgan fingerprint density at radius 2 is 1.84 bits per heavy atom. The Balaban J connectivity index is 1.39. The maximum Gasteiger partial charge on any atom is 0.231 e. The Kier molecular flexibility index (Phi) is 5.79. The van der Waals surface area contributed by atoms with Gasteiger partial charge in [0.15, 0.2) is 9.84 Å². The zero-order chi connectivity index (χ0) is 22.0. The molecule has 1 unspecified atom stereocenters. The molecule has 1 saturated heterocycles. The summed E-state index contributed by atoms with van der Waals surface area (Å²) in [6.45, 7) is 0.157. The Hall–Kier alpha value is -3.18. The van der Waals surface area contributed by atoms with Gasteiger partial charge in [-0.05, 0) is 36.4 Å². The Labute approximate surface area is 181 Å². The minimum atomic E-state index is -3.58. The zero-order valence-electron chi connectivity index (χ0n) is 16.1. The molecule has 1 aliphatic rings. The SMILES string of the molecule is O=C(Nc1nnc(CS(=O)(=O)c2ccccc2)s1)C1CC(=O)N(c2ccc(F)cc2)C1. The number of hydrogen-bond acceptors (Lipinski definition) is 7. The predicted molar refractivity (Wildman–Crippen MR) is 113 cm³/mol. The molecule has 1 N–H and O–H groups in total. The fourth-order valence-electron chi connectivity index (χ4n) is 3.20. The van der Waals surface area contributed by atoms with Gasteiger partial charge in [-0.2, -0.15) is 0 Å². The summed E-state index contributed by atoms with van der Waals surface area (Å²) in [4.78, 5) is 26.5. The van der Waals surface area contributed by atoms with E-state index in [0.29, 0.717) is 5.69 Å². The fourth-order valence-corrected chi connectivity index (χ4v) is 5.56. The minimum Gasteiger partial charge on any atom is -0.312 e. The van der Waals surface area contributed by atoms with Crippen molar-refractivity contribution in [1.29, 1.82) is 0 Å². The van der Waals surface area contributed by atoms with Crippen LogP contribution >= 0.6 is 11.3 Å².